The summed E-state index contributed by atoms with van der Waals surface area (Å²) in [5, 5.41) is 49.2. The molecule has 0 saturated heterocycles. The Balaban J connectivity index is 0.000000122. The number of ether oxygens (including phenoxy) is 4. The minimum atomic E-state index is 0. The molecule has 0 unspecified atom stereocenters. The molecule has 0 fully saturated rings. The molecule has 0 bridgehead atoms. The van der Waals surface area contributed by atoms with Gasteiger partial charge in [-0.2, -0.15) is 123 Å². The van der Waals surface area contributed by atoms with Crippen LogP contribution in [0.3, 0.4) is 0 Å². The number of hydrogen-bond donors (Lipinski definition) is 0. The van der Waals surface area contributed by atoms with E-state index in [1.807, 2.05) is 218 Å². The van der Waals surface area contributed by atoms with Crippen LogP contribution in [0, 0.1) is 48.5 Å². The van der Waals surface area contributed by atoms with Crippen LogP contribution in [0.1, 0.15) is 0 Å². The van der Waals surface area contributed by atoms with Gasteiger partial charge < -0.3 is 18.9 Å². The van der Waals surface area contributed by atoms with E-state index in [-0.39, 0.29) is 96.3 Å². The number of nitrogens with zero attached hydrogens (tertiary/aromatic N) is 23. The Morgan fingerprint density at radius 1 is 0.182 bits per heavy atom. The fourth-order valence-corrected chi connectivity index (χ4v) is 14.9. The monoisotopic (exact) mass is 2440 g/mol. The van der Waals surface area contributed by atoms with Crippen molar-refractivity contribution in [3.05, 3.63) is 396 Å². The zero-order chi connectivity index (χ0) is 85.3. The molecule has 31 heteroatoms. The Morgan fingerprint density at radius 2 is 0.447 bits per heavy atom. The predicted octanol–water partition coefficient (Wildman–Crippen LogP) is 19.9. The quantitative estimate of drug-likeness (QED) is 0.0812. The molecule has 27 nitrogen and oxygen atoms in total. The third-order valence-corrected chi connectivity index (χ3v) is 20.4. The minimum Gasteiger partial charge on any atom is -0.460 e. The van der Waals surface area contributed by atoms with E-state index in [2.05, 4.69) is 193 Å². The van der Waals surface area contributed by atoms with E-state index in [1.165, 1.54) is 12.4 Å². The largest absolute Gasteiger partial charge is 2.00 e. The number of benzene rings is 12. The van der Waals surface area contributed by atoms with Crippen LogP contribution in [0.2, 0.25) is 0 Å². The van der Waals surface area contributed by atoms with Crippen molar-refractivity contribution in [2.75, 3.05) is 0 Å². The van der Waals surface area contributed by atoms with E-state index in [0.717, 1.165) is 132 Å². The maximum Gasteiger partial charge on any atom is 2.00 e. The van der Waals surface area contributed by atoms with E-state index < -0.39 is 0 Å². The summed E-state index contributed by atoms with van der Waals surface area (Å²) < 4.78 is 31.0. The molecule has 0 amide bonds. The van der Waals surface area contributed by atoms with E-state index in [1.54, 1.807) is 86.5 Å². The van der Waals surface area contributed by atoms with Gasteiger partial charge in [0, 0.05) is 82.0 Å². The topological polar surface area (TPSA) is 302 Å². The number of pyridine rings is 2. The van der Waals surface area contributed by atoms with Gasteiger partial charge in [-0.3, -0.25) is 18.3 Å². The van der Waals surface area contributed by atoms with Crippen LogP contribution in [-0.2, 0) is 84.3 Å². The number of rotatable bonds is 16. The fraction of sp³-hybridized carbons (Fsp3) is 0. The molecule has 0 spiro atoms. The van der Waals surface area contributed by atoms with Crippen LogP contribution >= 0.6 is 0 Å². The zero-order valence-electron chi connectivity index (χ0n) is 68.1. The number of fused-ring (bicyclic) bond motifs is 12. The summed E-state index contributed by atoms with van der Waals surface area (Å²) in [5.74, 6) is 5.22. The van der Waals surface area contributed by atoms with Crippen LogP contribution in [-0.4, -0.2) is 114 Å². The molecule has 0 saturated carbocycles. The Labute approximate surface area is 808 Å². The molecule has 12 aromatic carbocycles. The van der Waals surface area contributed by atoms with E-state index in [0.29, 0.717) is 58.6 Å². The van der Waals surface area contributed by atoms with Crippen molar-refractivity contribution in [3.8, 4) is 115 Å². The Morgan fingerprint density at radius 3 is 0.735 bits per heavy atom. The molecule has 0 aliphatic carbocycles. The molecule has 12 aromatic heterocycles. The SMILES string of the molecule is [Pt+2].[Pt+2].[Pt+2].[Pt+2].[c-]1c(Oc2ccccn2)cccc1-c1[c-]c2c(cc1)c1ccccc1n2-c1nccnn1.[c-]1c(Oc2ccccn2)cccc1-c1[c-]c2c(cc1)c1ccccc1n2-c1nccnn1.[c-]1c(Oc2ncccn2)cccc1-c1[c-]c2c(cc1)c1ccccc1n2-c1nccnn1.[c-]1c(Oc2nccnn2)cccc1-c1[c-]c2c(cc1)c1ccccc1n2-c1nccnn1. The number of aromatic nitrogens is 23. The summed E-state index contributed by atoms with van der Waals surface area (Å²) in [6.07, 6.45) is 22.4. The second-order valence-corrected chi connectivity index (χ2v) is 28.1. The van der Waals surface area contributed by atoms with Crippen LogP contribution in [0.4, 0.5) is 0 Å². The van der Waals surface area contributed by atoms with Crippen molar-refractivity contribution < 1.29 is 103 Å². The van der Waals surface area contributed by atoms with Gasteiger partial charge in [0.05, 0.1) is 62.0 Å². The van der Waals surface area contributed by atoms with Crippen molar-refractivity contribution in [2.45, 2.75) is 0 Å². The van der Waals surface area contributed by atoms with E-state index >= 15 is 0 Å². The van der Waals surface area contributed by atoms with E-state index in [4.69, 9.17) is 18.9 Å². The summed E-state index contributed by atoms with van der Waals surface area (Å²) in [6.45, 7) is 0. The van der Waals surface area contributed by atoms with Gasteiger partial charge in [-0.15, -0.1) is 93.2 Å². The van der Waals surface area contributed by atoms with Crippen molar-refractivity contribution in [3.63, 3.8) is 0 Å². The summed E-state index contributed by atoms with van der Waals surface area (Å²) >= 11 is 0. The number of para-hydroxylation sites is 4. The normalized spacial score (nSPS) is 10.8. The molecule has 0 aliphatic heterocycles. The van der Waals surface area contributed by atoms with Crippen molar-refractivity contribution in [1.29, 1.82) is 0 Å². The fourth-order valence-electron chi connectivity index (χ4n) is 14.9. The first-order valence-electron chi connectivity index (χ1n) is 39.9. The molecule has 24 rings (SSSR count). The van der Waals surface area contributed by atoms with Gasteiger partial charge in [0.15, 0.2) is 0 Å². The van der Waals surface area contributed by atoms with E-state index in [9.17, 15) is 0 Å². The average molecular weight is 2440 g/mol. The van der Waals surface area contributed by atoms with Crippen LogP contribution < -0.4 is 18.9 Å². The number of hydrogen-bond acceptors (Lipinski definition) is 23. The first-order valence-corrected chi connectivity index (χ1v) is 39.9. The zero-order valence-corrected chi connectivity index (χ0v) is 77.2. The first kappa shape index (κ1) is 88.3. The van der Waals surface area contributed by atoms with Gasteiger partial charge in [-0.1, -0.05) is 112 Å². The smallest absolute Gasteiger partial charge is 0.460 e. The van der Waals surface area contributed by atoms with Crippen LogP contribution in [0.25, 0.3) is 156 Å². The Bertz CT molecular complexity index is 7170. The molecular formula is C101H57N23O4Pt4. The second-order valence-electron chi connectivity index (χ2n) is 28.1. The summed E-state index contributed by atoms with van der Waals surface area (Å²) in [4.78, 5) is 38.3. The average Bonchev–Trinajstić information content (AvgIpc) is 1.61. The van der Waals surface area contributed by atoms with Gasteiger partial charge in [-0.25, -0.2) is 89.4 Å². The van der Waals surface area contributed by atoms with Gasteiger partial charge >= 0.3 is 96.3 Å². The van der Waals surface area contributed by atoms with Gasteiger partial charge in [0.25, 0.3) is 23.8 Å². The van der Waals surface area contributed by atoms with Gasteiger partial charge in [0.1, 0.15) is 0 Å². The van der Waals surface area contributed by atoms with Crippen molar-refractivity contribution >= 4 is 87.2 Å². The third kappa shape index (κ3) is 18.6. The van der Waals surface area contributed by atoms with Gasteiger partial charge in [0.2, 0.25) is 11.8 Å². The Hall–Kier alpha value is -15.8. The van der Waals surface area contributed by atoms with Crippen LogP contribution in [0.15, 0.2) is 348 Å². The van der Waals surface area contributed by atoms with Crippen molar-refractivity contribution in [1.82, 2.24) is 114 Å². The standard InChI is InChI=1S/2C26H15N5O.C25H14N6O.C24H13N7O.4Pt/c2*1-2-9-23-21(8-1)22-12-11-19(17-24(22)31(23)26-28-14-15-29-30-26)18-6-5-7-20(16-18)32-25-10-3-4-13-27-25;1-2-8-22-20(7-1)21-10-9-18(16-23(21)31(22)24-26-13-14-29-30-24)17-5-3-6-19(15-17)32-25-27-11-4-12-28-25;1-2-7-21-19(6-1)20-9-8-17(15-22(20)31(21)23-25-10-12-27-29-23)16-4-3-5-18(14-16)32-24-26-11-13-28-30-24;;;;/h2*1-15H;1-14H;1-13H;;;;/q4*-2;4*+2. The molecule has 0 radical (unpaired) electrons. The summed E-state index contributed by atoms with van der Waals surface area (Å²) in [6, 6.07) is 112. The summed E-state index contributed by atoms with van der Waals surface area (Å²) in [5.41, 5.74) is 14.3. The van der Waals surface area contributed by atoms with Crippen LogP contribution in [0.5, 0.6) is 46.8 Å². The molecule has 0 atom stereocenters. The third-order valence-electron chi connectivity index (χ3n) is 20.4. The molecule has 24 aromatic rings. The molecule has 0 aliphatic rings. The first-order chi connectivity index (χ1) is 63.5. The molecule has 12 heterocycles. The molecule has 132 heavy (non-hydrogen) atoms. The molecule has 0 N–H and O–H groups in total. The maximum absolute atomic E-state index is 5.86. The minimum absolute atomic E-state index is 0. The Kier molecular flexibility index (Phi) is 27.2. The molecular weight excluding hydrogens is 2380 g/mol. The summed E-state index contributed by atoms with van der Waals surface area (Å²) in [7, 11) is 0. The maximum atomic E-state index is 5.86. The predicted molar refractivity (Wildman–Crippen MR) is 480 cm³/mol. The van der Waals surface area contributed by atoms with Crippen molar-refractivity contribution in [2.24, 2.45) is 0 Å². The van der Waals surface area contributed by atoms with Gasteiger partial charge in [-0.05, 0) is 86.1 Å². The second kappa shape index (κ2) is 40.7. The molecule has 640 valence electrons.